The van der Waals surface area contributed by atoms with Gasteiger partial charge in [-0.05, 0) is 70.2 Å². The largest absolute Gasteiger partial charge is 0.491 e. The molecule has 1 saturated heterocycles. The van der Waals surface area contributed by atoms with Crippen molar-refractivity contribution in [1.29, 1.82) is 0 Å². The Morgan fingerprint density at radius 2 is 1.83 bits per heavy atom. The van der Waals surface area contributed by atoms with Gasteiger partial charge in [0.15, 0.2) is 5.65 Å². The molecule has 13 heteroatoms. The van der Waals surface area contributed by atoms with Gasteiger partial charge in [-0.1, -0.05) is 0 Å². The summed E-state index contributed by atoms with van der Waals surface area (Å²) >= 11 is 0. The molecule has 4 aromatic rings. The molecule has 3 aromatic heterocycles. The van der Waals surface area contributed by atoms with Crippen LogP contribution in [0.5, 0.6) is 5.75 Å². The summed E-state index contributed by atoms with van der Waals surface area (Å²) in [6.07, 6.45) is -3.92. The lowest BCUT2D eigenvalue weighted by molar-refractivity contribution is -0.137. The van der Waals surface area contributed by atoms with E-state index in [-0.39, 0.29) is 12.2 Å². The number of aromatic nitrogens is 4. The number of ether oxygens (including phenoxy) is 3. The molecule has 1 aliphatic heterocycles. The van der Waals surface area contributed by atoms with Gasteiger partial charge >= 0.3 is 12.3 Å². The van der Waals surface area contributed by atoms with E-state index in [0.29, 0.717) is 41.7 Å². The van der Waals surface area contributed by atoms with Crippen LogP contribution in [0.25, 0.3) is 28.2 Å². The Bertz CT molecular complexity index is 1590. The fourth-order valence-electron chi connectivity index (χ4n) is 4.36. The number of hydrogen-bond donors (Lipinski definition) is 2. The number of alkyl halides is 3. The zero-order valence-electron chi connectivity index (χ0n) is 22.9. The lowest BCUT2D eigenvalue weighted by Gasteiger charge is -2.41. The summed E-state index contributed by atoms with van der Waals surface area (Å²) in [5, 5.41) is 7.49. The minimum Gasteiger partial charge on any atom is -0.491 e. The molecule has 3 N–H and O–H groups in total. The second kappa shape index (κ2) is 10.2. The van der Waals surface area contributed by atoms with Crippen LogP contribution in [-0.4, -0.2) is 56.6 Å². The first-order valence-electron chi connectivity index (χ1n) is 12.7. The topological polar surface area (TPSA) is 126 Å². The van der Waals surface area contributed by atoms with Crippen molar-refractivity contribution >= 4 is 17.6 Å². The van der Waals surface area contributed by atoms with Gasteiger partial charge in [-0.25, -0.2) is 19.3 Å². The van der Waals surface area contributed by atoms with Crippen LogP contribution < -0.4 is 15.8 Å². The number of carbonyl (C=O) groups is 1. The minimum absolute atomic E-state index is 0.184. The Balaban J connectivity index is 1.35. The highest BCUT2D eigenvalue weighted by Gasteiger charge is 2.42. The predicted octanol–water partition coefficient (Wildman–Crippen LogP) is 5.04. The number of alkyl carbamates (subject to hydrolysis) is 1. The summed E-state index contributed by atoms with van der Waals surface area (Å²) in [6, 6.07) is 11.6. The zero-order chi connectivity index (χ0) is 29.6. The lowest BCUT2D eigenvalue weighted by Crippen LogP contribution is -2.66. The maximum atomic E-state index is 13.5. The van der Waals surface area contributed by atoms with Crippen LogP contribution in [0.2, 0.25) is 0 Å². The number of benzene rings is 1. The van der Waals surface area contributed by atoms with Crippen molar-refractivity contribution < 1.29 is 32.2 Å². The number of carbonyl (C=O) groups excluding carboxylic acids is 1. The van der Waals surface area contributed by atoms with E-state index in [9.17, 15) is 18.0 Å². The van der Waals surface area contributed by atoms with Gasteiger partial charge in [-0.3, -0.25) is 0 Å². The number of anilines is 1. The van der Waals surface area contributed by atoms with Gasteiger partial charge in [0.05, 0.1) is 35.9 Å². The summed E-state index contributed by atoms with van der Waals surface area (Å²) in [4.78, 5) is 20.4. The van der Waals surface area contributed by atoms with Crippen molar-refractivity contribution in [3.63, 3.8) is 0 Å². The van der Waals surface area contributed by atoms with Crippen LogP contribution in [-0.2, 0) is 15.7 Å². The van der Waals surface area contributed by atoms with Crippen molar-refractivity contribution in [2.24, 2.45) is 0 Å². The van der Waals surface area contributed by atoms with Crippen LogP contribution in [0.4, 0.5) is 23.8 Å². The zero-order valence-corrected chi connectivity index (χ0v) is 22.9. The molecule has 4 heterocycles. The molecule has 0 aliphatic carbocycles. The number of imidazole rings is 1. The predicted molar refractivity (Wildman–Crippen MR) is 144 cm³/mol. The number of aryl methyl sites for hydroxylation is 1. The maximum Gasteiger partial charge on any atom is 0.419 e. The number of amides is 1. The highest BCUT2D eigenvalue weighted by molar-refractivity contribution is 5.70. The molecule has 216 valence electrons. The average molecular weight is 571 g/mol. The molecule has 0 radical (unpaired) electrons. The second-order valence-corrected chi connectivity index (χ2v) is 10.9. The summed E-state index contributed by atoms with van der Waals surface area (Å²) < 4.78 is 58.5. The number of rotatable bonds is 6. The van der Waals surface area contributed by atoms with Crippen LogP contribution in [0, 0.1) is 6.92 Å². The molecule has 10 nitrogen and oxygen atoms in total. The SMILES string of the molecule is Cc1nc2ccc(-c3ccc(OCC4(NC(=O)OC(C)(C)C)COC4)cc3)nn2c1-c1cnc(N)c(C(F)(F)F)c1. The third-order valence-electron chi connectivity index (χ3n) is 6.34. The number of nitrogen functional groups attached to an aromatic ring is 1. The Labute approximate surface area is 233 Å². The molecule has 0 bridgehead atoms. The molecule has 1 aromatic carbocycles. The first kappa shape index (κ1) is 28.1. The Morgan fingerprint density at radius 1 is 1.12 bits per heavy atom. The van der Waals surface area contributed by atoms with Gasteiger partial charge in [0, 0.05) is 17.3 Å². The first-order valence-corrected chi connectivity index (χ1v) is 12.7. The summed E-state index contributed by atoms with van der Waals surface area (Å²) in [5.41, 5.74) is 5.99. The molecule has 1 fully saturated rings. The minimum atomic E-state index is -4.65. The molecular weight excluding hydrogens is 541 g/mol. The number of fused-ring (bicyclic) bond motifs is 1. The van der Waals surface area contributed by atoms with Crippen molar-refractivity contribution in [2.45, 2.75) is 45.0 Å². The number of nitrogens with two attached hydrogens (primary N) is 1. The van der Waals surface area contributed by atoms with E-state index in [1.807, 2.05) is 12.1 Å². The van der Waals surface area contributed by atoms with E-state index in [4.69, 9.17) is 19.9 Å². The molecule has 0 unspecified atom stereocenters. The highest BCUT2D eigenvalue weighted by Crippen LogP contribution is 2.36. The Hall–Kier alpha value is -4.39. The molecule has 0 atom stereocenters. The third kappa shape index (κ3) is 6.04. The van der Waals surface area contributed by atoms with Gasteiger partial charge in [-0.2, -0.15) is 18.3 Å². The van der Waals surface area contributed by atoms with E-state index in [1.165, 1.54) is 10.7 Å². The smallest absolute Gasteiger partial charge is 0.419 e. The standard InChI is InChI=1S/C28H29F3N6O4/c1-16-23(18-11-20(28(29,30)31)24(32)33-12-18)37-22(34-16)10-9-21(36-37)17-5-7-19(8-6-17)40-15-27(13-39-14-27)35-25(38)41-26(2,3)4/h5-12H,13-15H2,1-4H3,(H2,32,33)(H,35,38). The quantitative estimate of drug-likeness (QED) is 0.330. The number of pyridine rings is 1. The monoisotopic (exact) mass is 570 g/mol. The lowest BCUT2D eigenvalue weighted by atomic mass is 9.99. The van der Waals surface area contributed by atoms with Gasteiger partial charge in [0.2, 0.25) is 0 Å². The number of nitrogens with one attached hydrogen (secondary N) is 1. The number of nitrogens with zero attached hydrogens (tertiary/aromatic N) is 4. The van der Waals surface area contributed by atoms with Crippen LogP contribution in [0.1, 0.15) is 32.0 Å². The van der Waals surface area contributed by atoms with Crippen molar-refractivity contribution in [1.82, 2.24) is 24.9 Å². The molecule has 1 amide bonds. The van der Waals surface area contributed by atoms with E-state index >= 15 is 0 Å². The van der Waals surface area contributed by atoms with Crippen LogP contribution in [0.3, 0.4) is 0 Å². The van der Waals surface area contributed by atoms with E-state index < -0.39 is 34.8 Å². The van der Waals surface area contributed by atoms with Gasteiger partial charge in [0.1, 0.15) is 29.3 Å². The summed E-state index contributed by atoms with van der Waals surface area (Å²) in [5.74, 6) is -0.0288. The molecule has 0 spiro atoms. The first-order chi connectivity index (χ1) is 19.2. The van der Waals surface area contributed by atoms with Crippen molar-refractivity contribution in [2.75, 3.05) is 25.6 Å². The Morgan fingerprint density at radius 3 is 2.44 bits per heavy atom. The van der Waals surface area contributed by atoms with Gasteiger partial charge in [0.25, 0.3) is 0 Å². The van der Waals surface area contributed by atoms with E-state index in [1.54, 1.807) is 52.0 Å². The van der Waals surface area contributed by atoms with Crippen LogP contribution in [0.15, 0.2) is 48.7 Å². The molecule has 41 heavy (non-hydrogen) atoms. The fourth-order valence-corrected chi connectivity index (χ4v) is 4.36. The van der Waals surface area contributed by atoms with Gasteiger partial charge < -0.3 is 25.3 Å². The second-order valence-electron chi connectivity index (χ2n) is 10.9. The summed E-state index contributed by atoms with van der Waals surface area (Å²) in [6.45, 7) is 7.84. The number of halogens is 3. The number of hydrogen-bond acceptors (Lipinski definition) is 8. The maximum absolute atomic E-state index is 13.5. The van der Waals surface area contributed by atoms with E-state index in [0.717, 1.165) is 11.6 Å². The Kier molecular flexibility index (Phi) is 7.02. The fraction of sp³-hybridized carbons (Fsp3) is 0.357. The normalized spacial score (nSPS) is 14.9. The summed E-state index contributed by atoms with van der Waals surface area (Å²) in [7, 11) is 0. The molecule has 0 saturated carbocycles. The van der Waals surface area contributed by atoms with Gasteiger partial charge in [-0.15, -0.1) is 0 Å². The van der Waals surface area contributed by atoms with Crippen molar-refractivity contribution in [3.8, 4) is 28.3 Å². The molecular formula is C28H29F3N6O4. The van der Waals surface area contributed by atoms with E-state index in [2.05, 4.69) is 20.4 Å². The molecule has 5 rings (SSSR count). The van der Waals surface area contributed by atoms with Crippen LogP contribution >= 0.6 is 0 Å². The molecule has 1 aliphatic rings. The highest BCUT2D eigenvalue weighted by atomic mass is 19.4. The third-order valence-corrected chi connectivity index (χ3v) is 6.34. The average Bonchev–Trinajstić information content (AvgIpc) is 3.19. The van der Waals surface area contributed by atoms with Crippen molar-refractivity contribution in [3.05, 3.63) is 59.9 Å².